The molecule has 1 rings (SSSR count). The van der Waals surface area contributed by atoms with Gasteiger partial charge in [0.2, 0.25) is 10.0 Å². The van der Waals surface area contributed by atoms with E-state index in [0.29, 0.717) is 6.54 Å². The summed E-state index contributed by atoms with van der Waals surface area (Å²) in [6.07, 6.45) is 0.917. The van der Waals surface area contributed by atoms with Crippen molar-refractivity contribution >= 4 is 10.0 Å². The third kappa shape index (κ3) is 5.01. The van der Waals surface area contributed by atoms with E-state index < -0.39 is 15.6 Å². The molecule has 2 N–H and O–H groups in total. The van der Waals surface area contributed by atoms with Crippen LogP contribution in [0.5, 0.6) is 0 Å². The molecule has 0 aromatic heterocycles. The van der Waals surface area contributed by atoms with Crippen LogP contribution in [0.2, 0.25) is 0 Å². The Bertz CT molecular complexity index is 595. The molecule has 0 aliphatic carbocycles. The van der Waals surface area contributed by atoms with Crippen LogP contribution in [-0.4, -0.2) is 44.1 Å². The van der Waals surface area contributed by atoms with Crippen LogP contribution in [0, 0.1) is 5.92 Å². The number of nitrogens with one attached hydrogen (secondary N) is 1. The molecule has 0 amide bonds. The summed E-state index contributed by atoms with van der Waals surface area (Å²) in [6.45, 7) is 8.43. The molecule has 0 bridgehead atoms. The van der Waals surface area contributed by atoms with E-state index in [4.69, 9.17) is 0 Å². The van der Waals surface area contributed by atoms with Crippen molar-refractivity contribution in [2.75, 3.05) is 20.6 Å². The van der Waals surface area contributed by atoms with E-state index >= 15 is 0 Å². The second-order valence-corrected chi connectivity index (χ2v) is 8.78. The van der Waals surface area contributed by atoms with Gasteiger partial charge >= 0.3 is 0 Å². The third-order valence-corrected chi connectivity index (χ3v) is 6.43. The van der Waals surface area contributed by atoms with Gasteiger partial charge in [-0.15, -0.1) is 0 Å². The zero-order valence-electron chi connectivity index (χ0n) is 15.0. The van der Waals surface area contributed by atoms with Crippen LogP contribution in [0.3, 0.4) is 0 Å². The second-order valence-electron chi connectivity index (χ2n) is 6.63. The molecule has 3 atom stereocenters. The van der Waals surface area contributed by atoms with Crippen molar-refractivity contribution in [2.45, 2.75) is 50.7 Å². The van der Waals surface area contributed by atoms with Crippen molar-refractivity contribution in [2.24, 2.45) is 5.92 Å². The molecule has 132 valence electrons. The summed E-state index contributed by atoms with van der Waals surface area (Å²) < 4.78 is 25.3. The Kier molecular flexibility index (Phi) is 6.77. The van der Waals surface area contributed by atoms with Crippen LogP contribution < -0.4 is 5.32 Å². The van der Waals surface area contributed by atoms with Crippen LogP contribution in [0.4, 0.5) is 0 Å². The van der Waals surface area contributed by atoms with Gasteiger partial charge in [0.1, 0.15) is 0 Å². The van der Waals surface area contributed by atoms with E-state index in [9.17, 15) is 13.5 Å². The van der Waals surface area contributed by atoms with E-state index in [1.165, 1.54) is 18.4 Å². The van der Waals surface area contributed by atoms with Crippen LogP contribution >= 0.6 is 0 Å². The van der Waals surface area contributed by atoms with Gasteiger partial charge in [0, 0.05) is 26.7 Å². The molecule has 0 aliphatic rings. The molecule has 23 heavy (non-hydrogen) atoms. The Morgan fingerprint density at radius 1 is 1.22 bits per heavy atom. The lowest BCUT2D eigenvalue weighted by Crippen LogP contribution is -2.43. The van der Waals surface area contributed by atoms with E-state index in [-0.39, 0.29) is 16.9 Å². The van der Waals surface area contributed by atoms with Crippen molar-refractivity contribution < 1.29 is 13.5 Å². The molecule has 0 heterocycles. The van der Waals surface area contributed by atoms with Crippen LogP contribution in [-0.2, 0) is 10.0 Å². The first-order valence-electron chi connectivity index (χ1n) is 8.00. The van der Waals surface area contributed by atoms with E-state index in [2.05, 4.69) is 12.2 Å². The van der Waals surface area contributed by atoms with Gasteiger partial charge in [-0.05, 0) is 37.5 Å². The highest BCUT2D eigenvalue weighted by atomic mass is 32.2. The van der Waals surface area contributed by atoms with Crippen LogP contribution in [0.15, 0.2) is 29.2 Å². The molecule has 0 aliphatic heterocycles. The molecule has 0 radical (unpaired) electrons. The lowest BCUT2D eigenvalue weighted by atomic mass is 9.88. The van der Waals surface area contributed by atoms with E-state index in [1.807, 2.05) is 32.9 Å². The smallest absolute Gasteiger partial charge is 0.242 e. The minimum atomic E-state index is -3.40. The maximum absolute atomic E-state index is 12.1. The Labute approximate surface area is 140 Å². The van der Waals surface area contributed by atoms with Crippen molar-refractivity contribution in [3.63, 3.8) is 0 Å². The fourth-order valence-corrected chi connectivity index (χ4v) is 3.13. The minimum Gasteiger partial charge on any atom is -0.389 e. The monoisotopic (exact) mass is 342 g/mol. The molecule has 0 spiro atoms. The number of benzene rings is 1. The second kappa shape index (κ2) is 7.75. The van der Waals surface area contributed by atoms with E-state index in [0.717, 1.165) is 12.0 Å². The van der Waals surface area contributed by atoms with Gasteiger partial charge in [0.25, 0.3) is 0 Å². The summed E-state index contributed by atoms with van der Waals surface area (Å²) in [4.78, 5) is 0.282. The fourth-order valence-electron chi connectivity index (χ4n) is 2.23. The van der Waals surface area contributed by atoms with Crippen molar-refractivity contribution in [1.29, 1.82) is 0 Å². The van der Waals surface area contributed by atoms with Gasteiger partial charge in [0.15, 0.2) is 0 Å². The van der Waals surface area contributed by atoms with Gasteiger partial charge in [-0.25, -0.2) is 12.7 Å². The van der Waals surface area contributed by atoms with Crippen molar-refractivity contribution in [1.82, 2.24) is 9.62 Å². The lowest BCUT2D eigenvalue weighted by molar-refractivity contribution is 0.00365. The first kappa shape index (κ1) is 20.1. The Morgan fingerprint density at radius 3 is 2.17 bits per heavy atom. The Morgan fingerprint density at radius 2 is 1.74 bits per heavy atom. The molecular weight excluding hydrogens is 312 g/mol. The first-order chi connectivity index (χ1) is 10.5. The zero-order valence-corrected chi connectivity index (χ0v) is 15.8. The normalized spacial score (nSPS) is 17.7. The van der Waals surface area contributed by atoms with Crippen molar-refractivity contribution in [3.8, 4) is 0 Å². The highest BCUT2D eigenvalue weighted by molar-refractivity contribution is 7.89. The van der Waals surface area contributed by atoms with Gasteiger partial charge in [-0.3, -0.25) is 0 Å². The van der Waals surface area contributed by atoms with Gasteiger partial charge in [0.05, 0.1) is 10.5 Å². The standard InChI is InChI=1S/C17H30N2O3S/c1-7-13(2)17(4,20)12-18-14(3)15-8-10-16(11-9-15)23(21,22)19(5)6/h8-11,13-14,18,20H,7,12H2,1-6H3. The number of hydrogen-bond acceptors (Lipinski definition) is 4. The molecule has 0 fully saturated rings. The molecule has 1 aromatic carbocycles. The Balaban J connectivity index is 2.77. The SMILES string of the molecule is CCC(C)C(C)(O)CNC(C)c1ccc(S(=O)(=O)N(C)C)cc1. The first-order valence-corrected chi connectivity index (χ1v) is 9.44. The van der Waals surface area contributed by atoms with Crippen LogP contribution in [0.1, 0.15) is 45.7 Å². The average molecular weight is 343 g/mol. The third-order valence-electron chi connectivity index (χ3n) is 4.60. The highest BCUT2D eigenvalue weighted by Crippen LogP contribution is 2.22. The molecule has 5 nitrogen and oxygen atoms in total. The summed E-state index contributed by atoms with van der Waals surface area (Å²) in [5.41, 5.74) is 0.222. The van der Waals surface area contributed by atoms with Gasteiger partial charge in [-0.1, -0.05) is 32.4 Å². The molecule has 3 unspecified atom stereocenters. The molecule has 6 heteroatoms. The molecular formula is C17H30N2O3S. The fraction of sp³-hybridized carbons (Fsp3) is 0.647. The van der Waals surface area contributed by atoms with Crippen LogP contribution in [0.25, 0.3) is 0 Å². The van der Waals surface area contributed by atoms with Gasteiger partial charge in [-0.2, -0.15) is 0 Å². The summed E-state index contributed by atoms with van der Waals surface area (Å²) in [5, 5.41) is 13.8. The summed E-state index contributed by atoms with van der Waals surface area (Å²) in [7, 11) is -0.360. The number of aliphatic hydroxyl groups is 1. The summed E-state index contributed by atoms with van der Waals surface area (Å²) in [5.74, 6) is 0.204. The molecule has 1 aromatic rings. The average Bonchev–Trinajstić information content (AvgIpc) is 2.51. The number of nitrogens with zero attached hydrogens (tertiary/aromatic N) is 1. The maximum atomic E-state index is 12.1. The molecule has 0 saturated carbocycles. The number of sulfonamides is 1. The van der Waals surface area contributed by atoms with Gasteiger partial charge < -0.3 is 10.4 Å². The van der Waals surface area contributed by atoms with E-state index in [1.54, 1.807) is 12.1 Å². The molecule has 0 saturated heterocycles. The Hall–Kier alpha value is -0.950. The number of hydrogen-bond donors (Lipinski definition) is 2. The lowest BCUT2D eigenvalue weighted by Gasteiger charge is -2.31. The quantitative estimate of drug-likeness (QED) is 0.761. The highest BCUT2D eigenvalue weighted by Gasteiger charge is 2.27. The number of rotatable bonds is 8. The summed E-state index contributed by atoms with van der Waals surface area (Å²) in [6, 6.07) is 6.89. The largest absolute Gasteiger partial charge is 0.389 e. The maximum Gasteiger partial charge on any atom is 0.242 e. The predicted molar refractivity (Wildman–Crippen MR) is 93.8 cm³/mol. The topological polar surface area (TPSA) is 69.6 Å². The minimum absolute atomic E-state index is 0.0293. The zero-order chi connectivity index (χ0) is 17.8. The predicted octanol–water partition coefficient (Wildman–Crippen LogP) is 2.38. The summed E-state index contributed by atoms with van der Waals surface area (Å²) >= 11 is 0. The van der Waals surface area contributed by atoms with Crippen molar-refractivity contribution in [3.05, 3.63) is 29.8 Å².